The first-order valence-electron chi connectivity index (χ1n) is 6.50. The second-order valence-corrected chi connectivity index (χ2v) is 4.90. The van der Waals surface area contributed by atoms with E-state index in [0.29, 0.717) is 0 Å². The summed E-state index contributed by atoms with van der Waals surface area (Å²) in [5, 5.41) is 11.2. The molecule has 0 atom stereocenters. The average Bonchev–Trinajstić information content (AvgIpc) is 2.38. The molecule has 116 valence electrons. The molecule has 0 radical (unpaired) electrons. The molecule has 1 rings (SSSR count). The van der Waals surface area contributed by atoms with Crippen LogP contribution in [0.2, 0.25) is 0 Å². The van der Waals surface area contributed by atoms with Crippen LogP contribution in [0, 0.1) is 10.1 Å². The second kappa shape index (κ2) is 6.92. The molecule has 21 heavy (non-hydrogen) atoms. The topological polar surface area (TPSA) is 87.9 Å². The standard InChI is InChI=1S/C14H19NO6/c1-8(2)20-12-7-10(14(16)19-5)6-11(15(17)18)13(12)21-9(3)4/h6-9H,1-5H3. The molecule has 0 aromatic heterocycles. The zero-order chi connectivity index (χ0) is 16.2. The molecule has 0 saturated heterocycles. The number of hydrogen-bond donors (Lipinski definition) is 0. The minimum absolute atomic E-state index is 0.0105. The van der Waals surface area contributed by atoms with Crippen molar-refractivity contribution >= 4 is 11.7 Å². The normalized spacial score (nSPS) is 10.6. The van der Waals surface area contributed by atoms with Crippen LogP contribution in [0.15, 0.2) is 12.1 Å². The van der Waals surface area contributed by atoms with Crippen LogP contribution >= 0.6 is 0 Å². The van der Waals surface area contributed by atoms with Crippen molar-refractivity contribution < 1.29 is 23.9 Å². The molecule has 7 heteroatoms. The molecule has 0 fully saturated rings. The highest BCUT2D eigenvalue weighted by molar-refractivity contribution is 5.91. The van der Waals surface area contributed by atoms with Gasteiger partial charge in [0.1, 0.15) is 0 Å². The third kappa shape index (κ3) is 4.34. The van der Waals surface area contributed by atoms with Crippen molar-refractivity contribution in [2.45, 2.75) is 39.9 Å². The first-order valence-corrected chi connectivity index (χ1v) is 6.50. The molecule has 1 aromatic carbocycles. The molecule has 0 aliphatic carbocycles. The van der Waals surface area contributed by atoms with Gasteiger partial charge in [0, 0.05) is 6.07 Å². The largest absolute Gasteiger partial charge is 0.487 e. The molecule has 0 N–H and O–H groups in total. The van der Waals surface area contributed by atoms with Crippen molar-refractivity contribution in [1.82, 2.24) is 0 Å². The number of rotatable bonds is 6. The van der Waals surface area contributed by atoms with Crippen LogP contribution in [0.5, 0.6) is 11.5 Å². The van der Waals surface area contributed by atoms with E-state index >= 15 is 0 Å². The van der Waals surface area contributed by atoms with Crippen LogP contribution in [0.3, 0.4) is 0 Å². The molecule has 0 spiro atoms. The summed E-state index contributed by atoms with van der Waals surface area (Å²) in [7, 11) is 1.20. The van der Waals surface area contributed by atoms with E-state index in [1.807, 2.05) is 0 Å². The second-order valence-electron chi connectivity index (χ2n) is 4.90. The third-order valence-electron chi connectivity index (χ3n) is 2.37. The SMILES string of the molecule is COC(=O)c1cc(OC(C)C)c(OC(C)C)c([N+](=O)[O-])c1. The molecule has 0 aliphatic heterocycles. The maximum atomic E-state index is 11.6. The Hall–Kier alpha value is -2.31. The first kappa shape index (κ1) is 16.7. The molecule has 7 nitrogen and oxygen atoms in total. The van der Waals surface area contributed by atoms with E-state index in [-0.39, 0.29) is 35.0 Å². The number of nitro benzene ring substituents is 1. The van der Waals surface area contributed by atoms with Gasteiger partial charge in [0.25, 0.3) is 0 Å². The van der Waals surface area contributed by atoms with Crippen LogP contribution in [0.1, 0.15) is 38.1 Å². The molecule has 0 bridgehead atoms. The molecule has 0 heterocycles. The highest BCUT2D eigenvalue weighted by Crippen LogP contribution is 2.39. The lowest BCUT2D eigenvalue weighted by Gasteiger charge is -2.17. The van der Waals surface area contributed by atoms with Crippen molar-refractivity contribution in [3.63, 3.8) is 0 Å². The minimum Gasteiger partial charge on any atom is -0.487 e. The number of methoxy groups -OCH3 is 1. The summed E-state index contributed by atoms with van der Waals surface area (Å²) in [5.74, 6) is -0.521. The third-order valence-corrected chi connectivity index (χ3v) is 2.37. The van der Waals surface area contributed by atoms with E-state index in [4.69, 9.17) is 9.47 Å². The summed E-state index contributed by atoms with van der Waals surface area (Å²) in [6.45, 7) is 7.04. The van der Waals surface area contributed by atoms with Crippen molar-refractivity contribution in [3.05, 3.63) is 27.8 Å². The molecule has 0 saturated carbocycles. The van der Waals surface area contributed by atoms with E-state index in [1.54, 1.807) is 27.7 Å². The number of carbonyl (C=O) groups excluding carboxylic acids is 1. The van der Waals surface area contributed by atoms with Gasteiger partial charge in [-0.15, -0.1) is 0 Å². The Balaban J connectivity index is 3.48. The zero-order valence-corrected chi connectivity index (χ0v) is 12.7. The summed E-state index contributed by atoms with van der Waals surface area (Å²) in [4.78, 5) is 22.2. The molecule has 0 amide bonds. The predicted octanol–water partition coefficient (Wildman–Crippen LogP) is 2.96. The maximum absolute atomic E-state index is 11.6. The van der Waals surface area contributed by atoms with E-state index < -0.39 is 10.9 Å². The van der Waals surface area contributed by atoms with Gasteiger partial charge in [0.15, 0.2) is 5.75 Å². The van der Waals surface area contributed by atoms with Gasteiger partial charge in [-0.25, -0.2) is 4.79 Å². The number of hydrogen-bond acceptors (Lipinski definition) is 6. The Kier molecular flexibility index (Phi) is 5.52. The summed E-state index contributed by atoms with van der Waals surface area (Å²) in [5.41, 5.74) is -0.293. The predicted molar refractivity (Wildman–Crippen MR) is 76.0 cm³/mol. The van der Waals surface area contributed by atoms with Gasteiger partial charge in [-0.05, 0) is 33.8 Å². The molecule has 0 unspecified atom stereocenters. The summed E-state index contributed by atoms with van der Waals surface area (Å²) < 4.78 is 15.6. The van der Waals surface area contributed by atoms with Gasteiger partial charge >= 0.3 is 11.7 Å². The summed E-state index contributed by atoms with van der Waals surface area (Å²) >= 11 is 0. The summed E-state index contributed by atoms with van der Waals surface area (Å²) in [6.07, 6.45) is -0.505. The minimum atomic E-state index is -0.678. The Bertz CT molecular complexity index is 539. The number of esters is 1. The van der Waals surface area contributed by atoms with E-state index in [9.17, 15) is 14.9 Å². The fourth-order valence-corrected chi connectivity index (χ4v) is 1.65. The maximum Gasteiger partial charge on any atom is 0.338 e. The Morgan fingerprint density at radius 3 is 2.14 bits per heavy atom. The van der Waals surface area contributed by atoms with Crippen molar-refractivity contribution in [2.75, 3.05) is 7.11 Å². The highest BCUT2D eigenvalue weighted by atomic mass is 16.6. The average molecular weight is 297 g/mol. The lowest BCUT2D eigenvalue weighted by Crippen LogP contribution is -2.13. The van der Waals surface area contributed by atoms with Gasteiger partial charge in [-0.1, -0.05) is 0 Å². The summed E-state index contributed by atoms with van der Waals surface area (Å²) in [6, 6.07) is 2.51. The van der Waals surface area contributed by atoms with E-state index in [2.05, 4.69) is 4.74 Å². The van der Waals surface area contributed by atoms with Gasteiger partial charge in [0.05, 0.1) is 29.8 Å². The van der Waals surface area contributed by atoms with Crippen molar-refractivity contribution in [2.24, 2.45) is 0 Å². The molecular formula is C14H19NO6. The van der Waals surface area contributed by atoms with Crippen LogP contribution in [0.25, 0.3) is 0 Å². The van der Waals surface area contributed by atoms with E-state index in [0.717, 1.165) is 6.07 Å². The van der Waals surface area contributed by atoms with Crippen LogP contribution in [-0.4, -0.2) is 30.2 Å². The smallest absolute Gasteiger partial charge is 0.338 e. The first-order chi connectivity index (χ1) is 9.76. The van der Waals surface area contributed by atoms with Gasteiger partial charge in [-0.2, -0.15) is 0 Å². The fraction of sp³-hybridized carbons (Fsp3) is 0.500. The van der Waals surface area contributed by atoms with Crippen LogP contribution in [-0.2, 0) is 4.74 Å². The Morgan fingerprint density at radius 1 is 1.14 bits per heavy atom. The molecule has 1 aromatic rings. The van der Waals surface area contributed by atoms with Gasteiger partial charge in [0.2, 0.25) is 5.75 Å². The lowest BCUT2D eigenvalue weighted by molar-refractivity contribution is -0.386. The number of benzene rings is 1. The van der Waals surface area contributed by atoms with Gasteiger partial charge in [-0.3, -0.25) is 10.1 Å². The monoisotopic (exact) mass is 297 g/mol. The zero-order valence-electron chi connectivity index (χ0n) is 12.7. The molecule has 0 aliphatic rings. The van der Waals surface area contributed by atoms with Gasteiger partial charge < -0.3 is 14.2 Å². The number of nitrogens with zero attached hydrogens (tertiary/aromatic N) is 1. The molecular weight excluding hydrogens is 278 g/mol. The number of nitro groups is 1. The Labute approximate surface area is 123 Å². The number of carbonyl (C=O) groups is 1. The van der Waals surface area contributed by atoms with Crippen LogP contribution in [0.4, 0.5) is 5.69 Å². The van der Waals surface area contributed by atoms with E-state index in [1.165, 1.54) is 13.2 Å². The lowest BCUT2D eigenvalue weighted by atomic mass is 10.1. The Morgan fingerprint density at radius 2 is 1.71 bits per heavy atom. The van der Waals surface area contributed by atoms with Crippen LogP contribution < -0.4 is 9.47 Å². The fourth-order valence-electron chi connectivity index (χ4n) is 1.65. The number of ether oxygens (including phenoxy) is 3. The quantitative estimate of drug-likeness (QED) is 0.455. The highest BCUT2D eigenvalue weighted by Gasteiger charge is 2.26. The van der Waals surface area contributed by atoms with Crippen molar-refractivity contribution in [1.29, 1.82) is 0 Å². The van der Waals surface area contributed by atoms with Crippen molar-refractivity contribution in [3.8, 4) is 11.5 Å².